The van der Waals surface area contributed by atoms with Crippen LogP contribution in [0.1, 0.15) is 75.6 Å². The van der Waals surface area contributed by atoms with Crippen molar-refractivity contribution in [3.8, 4) is 11.5 Å². The van der Waals surface area contributed by atoms with Crippen LogP contribution in [0.3, 0.4) is 0 Å². The van der Waals surface area contributed by atoms with Crippen LogP contribution in [0.2, 0.25) is 0 Å². The SMILES string of the molecule is CC(C)=C1Oc2cccc(OCCCN3CCC(NC4CCCCC4)CC3)c2C1=O. The summed E-state index contributed by atoms with van der Waals surface area (Å²) in [5.41, 5.74) is 1.46. The summed E-state index contributed by atoms with van der Waals surface area (Å²) in [6, 6.07) is 7.05. The molecule has 2 heterocycles. The van der Waals surface area contributed by atoms with Gasteiger partial charge in [-0.25, -0.2) is 0 Å². The number of Topliss-reactive ketones (excluding diaryl/α,β-unsaturated/α-hetero) is 1. The number of benzene rings is 1. The van der Waals surface area contributed by atoms with Gasteiger partial charge < -0.3 is 19.7 Å². The van der Waals surface area contributed by atoms with Crippen LogP contribution in [0.5, 0.6) is 11.5 Å². The molecule has 0 radical (unpaired) electrons. The topological polar surface area (TPSA) is 50.8 Å². The lowest BCUT2D eigenvalue weighted by Gasteiger charge is -2.35. The number of fused-ring (bicyclic) bond motifs is 1. The Bertz CT molecular complexity index is 771. The fraction of sp³-hybridized carbons (Fsp3) is 0.640. The average molecular weight is 413 g/mol. The number of ketones is 1. The van der Waals surface area contributed by atoms with E-state index in [1.165, 1.54) is 58.0 Å². The number of carbonyl (C=O) groups excluding carboxylic acids is 1. The first kappa shape index (κ1) is 21.4. The predicted octanol–water partition coefficient (Wildman–Crippen LogP) is 4.71. The molecular formula is C25H36N2O3. The van der Waals surface area contributed by atoms with E-state index in [-0.39, 0.29) is 5.78 Å². The number of likely N-dealkylation sites (tertiary alicyclic amines) is 1. The fourth-order valence-corrected chi connectivity index (χ4v) is 4.94. The summed E-state index contributed by atoms with van der Waals surface area (Å²) in [6.45, 7) is 7.80. The van der Waals surface area contributed by atoms with E-state index in [9.17, 15) is 4.79 Å². The van der Waals surface area contributed by atoms with Crippen molar-refractivity contribution in [2.45, 2.75) is 77.3 Å². The predicted molar refractivity (Wildman–Crippen MR) is 119 cm³/mol. The van der Waals surface area contributed by atoms with Gasteiger partial charge in [-0.05, 0) is 76.7 Å². The lowest BCUT2D eigenvalue weighted by molar-refractivity contribution is 0.101. The highest BCUT2D eigenvalue weighted by Gasteiger charge is 2.31. The molecule has 1 saturated heterocycles. The van der Waals surface area contributed by atoms with Gasteiger partial charge in [0, 0.05) is 18.6 Å². The second kappa shape index (κ2) is 9.97. The lowest BCUT2D eigenvalue weighted by Crippen LogP contribution is -2.46. The summed E-state index contributed by atoms with van der Waals surface area (Å²) in [5.74, 6) is 1.63. The Labute approximate surface area is 180 Å². The van der Waals surface area contributed by atoms with Gasteiger partial charge in [-0.3, -0.25) is 4.79 Å². The molecule has 30 heavy (non-hydrogen) atoms. The molecule has 1 aromatic carbocycles. The molecule has 0 atom stereocenters. The Morgan fingerprint density at radius 2 is 1.83 bits per heavy atom. The summed E-state index contributed by atoms with van der Waals surface area (Å²) in [5, 5.41) is 3.91. The Morgan fingerprint density at radius 3 is 2.57 bits per heavy atom. The van der Waals surface area contributed by atoms with Crippen LogP contribution in [0.4, 0.5) is 0 Å². The molecule has 0 bridgehead atoms. The maximum absolute atomic E-state index is 12.6. The Morgan fingerprint density at radius 1 is 1.10 bits per heavy atom. The van der Waals surface area contributed by atoms with E-state index in [4.69, 9.17) is 9.47 Å². The van der Waals surface area contributed by atoms with E-state index >= 15 is 0 Å². The molecule has 4 rings (SSSR count). The molecule has 3 aliphatic rings. The van der Waals surface area contributed by atoms with E-state index < -0.39 is 0 Å². The summed E-state index contributed by atoms with van der Waals surface area (Å²) in [6.07, 6.45) is 10.4. The van der Waals surface area contributed by atoms with Crippen molar-refractivity contribution in [1.29, 1.82) is 0 Å². The van der Waals surface area contributed by atoms with Gasteiger partial charge in [0.1, 0.15) is 17.1 Å². The third kappa shape index (κ3) is 5.06. The van der Waals surface area contributed by atoms with Crippen LogP contribution in [-0.4, -0.2) is 49.0 Å². The zero-order valence-electron chi connectivity index (χ0n) is 18.5. The monoisotopic (exact) mass is 412 g/mol. The van der Waals surface area contributed by atoms with Crippen molar-refractivity contribution < 1.29 is 14.3 Å². The standard InChI is InChI=1S/C25H36N2O3/c1-18(2)25-24(28)23-21(10-6-11-22(23)30-25)29-17-7-14-27-15-12-20(13-16-27)26-19-8-4-3-5-9-19/h6,10-11,19-20,26H,3-5,7-9,12-17H2,1-2H3. The molecule has 1 aromatic rings. The van der Waals surface area contributed by atoms with E-state index in [0.29, 0.717) is 35.5 Å². The van der Waals surface area contributed by atoms with Gasteiger partial charge in [-0.2, -0.15) is 0 Å². The van der Waals surface area contributed by atoms with Gasteiger partial charge in [0.2, 0.25) is 5.78 Å². The Balaban J connectivity index is 1.19. The van der Waals surface area contributed by atoms with Crippen molar-refractivity contribution in [2.75, 3.05) is 26.2 Å². The number of piperidine rings is 1. The molecule has 1 saturated carbocycles. The number of hydrogen-bond donors (Lipinski definition) is 1. The highest BCUT2D eigenvalue weighted by Crippen LogP contribution is 2.38. The highest BCUT2D eigenvalue weighted by molar-refractivity contribution is 6.14. The van der Waals surface area contributed by atoms with Gasteiger partial charge in [0.25, 0.3) is 0 Å². The minimum absolute atomic E-state index is 0.0619. The van der Waals surface area contributed by atoms with Crippen molar-refractivity contribution in [1.82, 2.24) is 10.2 Å². The minimum atomic E-state index is -0.0619. The lowest BCUT2D eigenvalue weighted by atomic mass is 9.93. The summed E-state index contributed by atoms with van der Waals surface area (Å²) in [7, 11) is 0. The first-order valence-corrected chi connectivity index (χ1v) is 11.8. The van der Waals surface area contributed by atoms with Crippen LogP contribution >= 0.6 is 0 Å². The van der Waals surface area contributed by atoms with Gasteiger partial charge in [0.05, 0.1) is 6.61 Å². The normalized spacial score (nSPS) is 20.9. The second-order valence-electron chi connectivity index (χ2n) is 9.21. The quantitative estimate of drug-likeness (QED) is 0.519. The van der Waals surface area contributed by atoms with E-state index in [1.807, 2.05) is 32.0 Å². The third-order valence-corrected chi connectivity index (χ3v) is 6.63. The number of hydrogen-bond acceptors (Lipinski definition) is 5. The molecule has 2 aliphatic heterocycles. The minimum Gasteiger partial charge on any atom is -0.493 e. The molecule has 1 N–H and O–H groups in total. The maximum atomic E-state index is 12.6. The van der Waals surface area contributed by atoms with Crippen molar-refractivity contribution in [3.63, 3.8) is 0 Å². The van der Waals surface area contributed by atoms with Crippen LogP contribution < -0.4 is 14.8 Å². The van der Waals surface area contributed by atoms with Crippen molar-refractivity contribution in [3.05, 3.63) is 35.1 Å². The zero-order chi connectivity index (χ0) is 20.9. The number of ether oxygens (including phenoxy) is 2. The average Bonchev–Trinajstić information content (AvgIpc) is 3.11. The highest BCUT2D eigenvalue weighted by atomic mass is 16.5. The van der Waals surface area contributed by atoms with Crippen molar-refractivity contribution >= 4 is 5.78 Å². The van der Waals surface area contributed by atoms with Gasteiger partial charge in [-0.15, -0.1) is 0 Å². The Hall–Kier alpha value is -1.85. The molecule has 1 aliphatic carbocycles. The van der Waals surface area contributed by atoms with E-state index in [2.05, 4.69) is 10.2 Å². The molecule has 164 valence electrons. The molecule has 0 amide bonds. The van der Waals surface area contributed by atoms with Gasteiger partial charge in [-0.1, -0.05) is 25.3 Å². The van der Waals surface area contributed by atoms with E-state index in [1.54, 1.807) is 0 Å². The number of nitrogens with one attached hydrogen (secondary N) is 1. The smallest absolute Gasteiger partial charge is 0.235 e. The first-order valence-electron chi connectivity index (χ1n) is 11.8. The largest absolute Gasteiger partial charge is 0.493 e. The molecule has 5 nitrogen and oxygen atoms in total. The zero-order valence-corrected chi connectivity index (χ0v) is 18.5. The van der Waals surface area contributed by atoms with Crippen LogP contribution in [0.15, 0.2) is 29.5 Å². The number of rotatable bonds is 7. The number of carbonyl (C=O) groups is 1. The number of allylic oxidation sites excluding steroid dienone is 2. The molecular weight excluding hydrogens is 376 g/mol. The summed E-state index contributed by atoms with van der Waals surface area (Å²) in [4.78, 5) is 15.2. The first-order chi connectivity index (χ1) is 14.6. The maximum Gasteiger partial charge on any atom is 0.235 e. The summed E-state index contributed by atoms with van der Waals surface area (Å²) >= 11 is 0. The van der Waals surface area contributed by atoms with E-state index in [0.717, 1.165) is 24.6 Å². The molecule has 0 aromatic heterocycles. The molecule has 5 heteroatoms. The molecule has 0 unspecified atom stereocenters. The van der Waals surface area contributed by atoms with Gasteiger partial charge >= 0.3 is 0 Å². The van der Waals surface area contributed by atoms with Crippen LogP contribution in [0, 0.1) is 0 Å². The molecule has 0 spiro atoms. The molecule has 2 fully saturated rings. The Kier molecular flexibility index (Phi) is 7.11. The van der Waals surface area contributed by atoms with Crippen LogP contribution in [-0.2, 0) is 0 Å². The summed E-state index contributed by atoms with van der Waals surface area (Å²) < 4.78 is 11.7. The third-order valence-electron chi connectivity index (χ3n) is 6.63. The second-order valence-corrected chi connectivity index (χ2v) is 9.21. The number of nitrogens with zero attached hydrogens (tertiary/aromatic N) is 1. The fourth-order valence-electron chi connectivity index (χ4n) is 4.94. The van der Waals surface area contributed by atoms with Crippen molar-refractivity contribution in [2.24, 2.45) is 0 Å². The van der Waals surface area contributed by atoms with Gasteiger partial charge in [0.15, 0.2) is 5.76 Å². The van der Waals surface area contributed by atoms with Crippen LogP contribution in [0.25, 0.3) is 0 Å².